The Bertz CT molecular complexity index is 1260. The predicted molar refractivity (Wildman–Crippen MR) is 128 cm³/mol. The van der Waals surface area contributed by atoms with Crippen molar-refractivity contribution in [2.75, 3.05) is 36.5 Å². The van der Waals surface area contributed by atoms with Crippen LogP contribution in [0.5, 0.6) is 0 Å². The van der Waals surface area contributed by atoms with E-state index in [4.69, 9.17) is 4.74 Å². The molecule has 0 amide bonds. The average molecular weight is 477 g/mol. The second-order valence-electron chi connectivity index (χ2n) is 7.42. The van der Waals surface area contributed by atoms with Crippen molar-refractivity contribution < 1.29 is 9.13 Å². The molecule has 0 radical (unpaired) electrons. The molecular weight excluding hydrogens is 455 g/mol. The summed E-state index contributed by atoms with van der Waals surface area (Å²) in [6.07, 6.45) is 4.66. The number of azo groups is 1. The largest absolute Gasteiger partial charge is 0.378 e. The number of hydrogen-bond donors (Lipinski definition) is 1. The van der Waals surface area contributed by atoms with Gasteiger partial charge in [-0.25, -0.2) is 14.4 Å². The summed E-state index contributed by atoms with van der Waals surface area (Å²) >= 11 is 1.60. The topological polar surface area (TPSA) is 101 Å². The molecular formula is C23H21FN8OS. The van der Waals surface area contributed by atoms with Gasteiger partial charge in [0, 0.05) is 35.9 Å². The SMILES string of the molecule is Fc1cnc(N=NCc2ccc(Nc3cccc(-c4nccs4)c3)cn2)nc1N1CCOCC1. The lowest BCUT2D eigenvalue weighted by molar-refractivity contribution is 0.122. The maximum Gasteiger partial charge on any atom is 0.270 e. The number of aromatic nitrogens is 4. The van der Waals surface area contributed by atoms with Crippen LogP contribution in [0.25, 0.3) is 10.6 Å². The van der Waals surface area contributed by atoms with Crippen LogP contribution in [0.2, 0.25) is 0 Å². The van der Waals surface area contributed by atoms with Crippen molar-refractivity contribution in [1.82, 2.24) is 19.9 Å². The minimum Gasteiger partial charge on any atom is -0.378 e. The average Bonchev–Trinajstić information content (AvgIpc) is 3.42. The molecule has 0 saturated carbocycles. The van der Waals surface area contributed by atoms with Gasteiger partial charge in [-0.2, -0.15) is 10.1 Å². The number of nitrogens with one attached hydrogen (secondary N) is 1. The molecule has 11 heteroatoms. The smallest absolute Gasteiger partial charge is 0.270 e. The highest BCUT2D eigenvalue weighted by Gasteiger charge is 2.17. The van der Waals surface area contributed by atoms with E-state index in [9.17, 15) is 4.39 Å². The van der Waals surface area contributed by atoms with Crippen molar-refractivity contribution >= 4 is 34.5 Å². The first-order chi connectivity index (χ1) is 16.7. The van der Waals surface area contributed by atoms with Gasteiger partial charge in [0.2, 0.25) is 0 Å². The van der Waals surface area contributed by atoms with E-state index < -0.39 is 5.82 Å². The maximum absolute atomic E-state index is 14.1. The lowest BCUT2D eigenvalue weighted by Crippen LogP contribution is -2.37. The number of ether oxygens (including phenoxy) is 1. The molecule has 34 heavy (non-hydrogen) atoms. The summed E-state index contributed by atoms with van der Waals surface area (Å²) in [7, 11) is 0. The molecule has 0 bridgehead atoms. The zero-order valence-corrected chi connectivity index (χ0v) is 19.0. The molecule has 1 aliphatic rings. The van der Waals surface area contributed by atoms with E-state index in [1.54, 1.807) is 23.7 Å². The molecule has 9 nitrogen and oxygen atoms in total. The fourth-order valence-electron chi connectivity index (χ4n) is 3.42. The summed E-state index contributed by atoms with van der Waals surface area (Å²) in [5.74, 6) is -0.149. The van der Waals surface area contributed by atoms with Crippen molar-refractivity contribution in [1.29, 1.82) is 0 Å². The number of hydrogen-bond acceptors (Lipinski definition) is 10. The fourth-order valence-corrected chi connectivity index (χ4v) is 4.06. The van der Waals surface area contributed by atoms with Gasteiger partial charge in [0.25, 0.3) is 5.95 Å². The second kappa shape index (κ2) is 10.4. The Morgan fingerprint density at radius 2 is 1.97 bits per heavy atom. The molecule has 1 fully saturated rings. The van der Waals surface area contributed by atoms with Gasteiger partial charge < -0.3 is 15.0 Å². The zero-order chi connectivity index (χ0) is 23.2. The predicted octanol–water partition coefficient (Wildman–Crippen LogP) is 5.00. The number of thiazole rings is 1. The molecule has 1 saturated heterocycles. The van der Waals surface area contributed by atoms with E-state index in [1.807, 2.05) is 40.6 Å². The molecule has 0 spiro atoms. The maximum atomic E-state index is 14.1. The number of nitrogens with zero attached hydrogens (tertiary/aromatic N) is 7. The van der Waals surface area contributed by atoms with Crippen LogP contribution < -0.4 is 10.2 Å². The number of morpholine rings is 1. The number of rotatable bonds is 7. The van der Waals surface area contributed by atoms with Gasteiger partial charge >= 0.3 is 0 Å². The van der Waals surface area contributed by atoms with Crippen LogP contribution in [0.4, 0.5) is 27.5 Å². The third-order valence-electron chi connectivity index (χ3n) is 5.07. The number of benzene rings is 1. The first-order valence-corrected chi connectivity index (χ1v) is 11.6. The molecule has 5 rings (SSSR count). The monoisotopic (exact) mass is 476 g/mol. The highest BCUT2D eigenvalue weighted by molar-refractivity contribution is 7.13. The van der Waals surface area contributed by atoms with Gasteiger partial charge in [-0.15, -0.1) is 16.5 Å². The van der Waals surface area contributed by atoms with Gasteiger partial charge in [-0.3, -0.25) is 4.98 Å². The molecule has 0 unspecified atom stereocenters. The van der Waals surface area contributed by atoms with E-state index in [1.165, 1.54) is 0 Å². The van der Waals surface area contributed by atoms with Gasteiger partial charge in [0.1, 0.15) is 11.6 Å². The third-order valence-corrected chi connectivity index (χ3v) is 5.89. The van der Waals surface area contributed by atoms with Crippen molar-refractivity contribution in [3.05, 3.63) is 71.9 Å². The molecule has 0 aliphatic carbocycles. The Balaban J connectivity index is 1.20. The Hall–Kier alpha value is -3.83. The summed E-state index contributed by atoms with van der Waals surface area (Å²) in [6, 6.07) is 11.9. The summed E-state index contributed by atoms with van der Waals surface area (Å²) in [5.41, 5.74) is 3.60. The Morgan fingerprint density at radius 3 is 2.76 bits per heavy atom. The first kappa shape index (κ1) is 22.0. The summed E-state index contributed by atoms with van der Waals surface area (Å²) in [6.45, 7) is 2.48. The van der Waals surface area contributed by atoms with Crippen molar-refractivity contribution in [3.8, 4) is 10.6 Å². The van der Waals surface area contributed by atoms with Crippen LogP contribution in [0.15, 0.2) is 70.6 Å². The molecule has 0 atom stereocenters. The van der Waals surface area contributed by atoms with Gasteiger partial charge in [-0.05, 0) is 24.3 Å². The number of pyridine rings is 1. The van der Waals surface area contributed by atoms with Crippen LogP contribution in [0.1, 0.15) is 5.69 Å². The van der Waals surface area contributed by atoms with Crippen LogP contribution in [-0.2, 0) is 11.3 Å². The molecule has 1 aromatic carbocycles. The van der Waals surface area contributed by atoms with Crippen molar-refractivity contribution in [2.45, 2.75) is 6.54 Å². The summed E-state index contributed by atoms with van der Waals surface area (Å²) in [5, 5.41) is 14.5. The minimum atomic E-state index is -0.484. The third kappa shape index (κ3) is 5.38. The summed E-state index contributed by atoms with van der Waals surface area (Å²) < 4.78 is 19.4. The van der Waals surface area contributed by atoms with E-state index in [-0.39, 0.29) is 18.3 Å². The van der Waals surface area contributed by atoms with E-state index in [0.29, 0.717) is 26.3 Å². The van der Waals surface area contributed by atoms with Gasteiger partial charge in [-0.1, -0.05) is 12.1 Å². The number of halogens is 1. The molecule has 1 aliphatic heterocycles. The van der Waals surface area contributed by atoms with E-state index in [2.05, 4.69) is 41.5 Å². The normalized spacial score (nSPS) is 14.0. The van der Waals surface area contributed by atoms with Crippen LogP contribution >= 0.6 is 11.3 Å². The molecule has 4 aromatic rings. The standard InChI is InChI=1S/C23H21FN8OS/c24-20-15-27-23(30-21(20)32-7-9-33-10-8-32)31-28-14-18-4-5-19(13-26-18)29-17-3-1-2-16(12-17)22-25-6-11-34-22/h1-6,11-13,15,29H,7-10,14H2. The van der Waals surface area contributed by atoms with E-state index in [0.717, 1.165) is 33.8 Å². The van der Waals surface area contributed by atoms with Crippen molar-refractivity contribution in [3.63, 3.8) is 0 Å². The lowest BCUT2D eigenvalue weighted by Gasteiger charge is -2.27. The van der Waals surface area contributed by atoms with Gasteiger partial charge in [0.05, 0.1) is 37.0 Å². The fraction of sp³-hybridized carbons (Fsp3) is 0.217. The van der Waals surface area contributed by atoms with Gasteiger partial charge in [0.15, 0.2) is 11.6 Å². The zero-order valence-electron chi connectivity index (χ0n) is 18.1. The molecule has 1 N–H and O–H groups in total. The Morgan fingerprint density at radius 1 is 1.06 bits per heavy atom. The number of anilines is 3. The Kier molecular flexibility index (Phi) is 6.73. The van der Waals surface area contributed by atoms with E-state index >= 15 is 0 Å². The second-order valence-corrected chi connectivity index (χ2v) is 8.32. The van der Waals surface area contributed by atoms with Crippen molar-refractivity contribution in [2.24, 2.45) is 10.2 Å². The van der Waals surface area contributed by atoms with Crippen LogP contribution in [0, 0.1) is 5.82 Å². The molecule has 172 valence electrons. The molecule has 4 heterocycles. The lowest BCUT2D eigenvalue weighted by atomic mass is 10.2. The molecule has 3 aromatic heterocycles. The quantitative estimate of drug-likeness (QED) is 0.375. The first-order valence-electron chi connectivity index (χ1n) is 10.7. The van der Waals surface area contributed by atoms with Crippen LogP contribution in [-0.4, -0.2) is 46.2 Å². The highest BCUT2D eigenvalue weighted by atomic mass is 32.1. The highest BCUT2D eigenvalue weighted by Crippen LogP contribution is 2.26. The minimum absolute atomic E-state index is 0.112. The Labute approximate surface area is 199 Å². The summed E-state index contributed by atoms with van der Waals surface area (Å²) in [4.78, 5) is 18.7. The van der Waals surface area contributed by atoms with Crippen LogP contribution in [0.3, 0.4) is 0 Å².